The Hall–Kier alpha value is -3.31. The molecular weight excluding hydrogens is 506 g/mol. The monoisotopic (exact) mass is 549 g/mol. The lowest BCUT2D eigenvalue weighted by atomic mass is 9.93. The van der Waals surface area contributed by atoms with Gasteiger partial charge in [-0.25, -0.2) is 4.68 Å². The number of nitrogens with zero attached hydrogens (tertiary/aromatic N) is 3. The van der Waals surface area contributed by atoms with Crippen molar-refractivity contribution in [1.82, 2.24) is 14.7 Å². The molecule has 0 aliphatic carbocycles. The molecule has 0 amide bonds. The van der Waals surface area contributed by atoms with Crippen LogP contribution in [0.3, 0.4) is 0 Å². The second-order valence-electron chi connectivity index (χ2n) is 10.0. The predicted octanol–water partition coefficient (Wildman–Crippen LogP) is 8.44. The van der Waals surface area contributed by atoms with Crippen LogP contribution in [-0.4, -0.2) is 38.8 Å². The van der Waals surface area contributed by atoms with Gasteiger partial charge >= 0.3 is 5.97 Å². The van der Waals surface area contributed by atoms with E-state index in [4.69, 9.17) is 11.6 Å². The summed E-state index contributed by atoms with van der Waals surface area (Å²) in [7, 11) is 0. The zero-order valence-corrected chi connectivity index (χ0v) is 25.1. The lowest BCUT2D eigenvalue weighted by molar-refractivity contribution is -0.138. The molecule has 2 aromatic carbocycles. The summed E-state index contributed by atoms with van der Waals surface area (Å²) in [5.74, 6) is -1.42. The molecule has 0 radical (unpaired) electrons. The number of rotatable bonds is 7. The average molecular weight is 550 g/mol. The highest BCUT2D eigenvalue weighted by Crippen LogP contribution is 2.22. The summed E-state index contributed by atoms with van der Waals surface area (Å²) in [6.07, 6.45) is 8.25. The minimum atomic E-state index is -0.828. The van der Waals surface area contributed by atoms with Crippen LogP contribution < -0.4 is 0 Å². The van der Waals surface area contributed by atoms with E-state index < -0.39 is 11.9 Å². The van der Waals surface area contributed by atoms with Crippen LogP contribution in [0.15, 0.2) is 83.7 Å². The van der Waals surface area contributed by atoms with E-state index in [2.05, 4.69) is 36.8 Å². The molecule has 1 fully saturated rings. The van der Waals surface area contributed by atoms with Crippen molar-refractivity contribution in [3.8, 4) is 5.69 Å². The Morgan fingerprint density at radius 3 is 2.23 bits per heavy atom. The third kappa shape index (κ3) is 10.8. The summed E-state index contributed by atoms with van der Waals surface area (Å²) in [6, 6.07) is 17.6. The molecule has 6 heteroatoms. The highest BCUT2D eigenvalue weighted by Gasteiger charge is 2.21. The van der Waals surface area contributed by atoms with Gasteiger partial charge in [0.1, 0.15) is 0 Å². The van der Waals surface area contributed by atoms with Crippen LogP contribution in [0, 0.1) is 13.8 Å². The molecule has 3 aromatic rings. The second kappa shape index (κ2) is 16.6. The van der Waals surface area contributed by atoms with Crippen molar-refractivity contribution in [3.63, 3.8) is 0 Å². The van der Waals surface area contributed by atoms with Crippen molar-refractivity contribution in [1.29, 1.82) is 0 Å². The Morgan fingerprint density at radius 2 is 1.72 bits per heavy atom. The molecule has 2 heterocycles. The highest BCUT2D eigenvalue weighted by atomic mass is 35.5. The Balaban J connectivity index is 0.000000291. The van der Waals surface area contributed by atoms with Gasteiger partial charge in [-0.1, -0.05) is 77.7 Å². The Kier molecular flexibility index (Phi) is 13.6. The molecular formula is C33H44ClN3O2. The fraction of sp³-hybridized carbons (Fsp3) is 0.394. The van der Waals surface area contributed by atoms with Gasteiger partial charge in [0.25, 0.3) is 0 Å². The van der Waals surface area contributed by atoms with Crippen molar-refractivity contribution >= 4 is 17.6 Å². The molecule has 4 rings (SSSR count). The summed E-state index contributed by atoms with van der Waals surface area (Å²) in [5, 5.41) is 14.1. The van der Waals surface area contributed by atoms with Gasteiger partial charge in [-0.05, 0) is 77.6 Å². The van der Waals surface area contributed by atoms with E-state index in [0.29, 0.717) is 6.42 Å². The molecule has 210 valence electrons. The summed E-state index contributed by atoms with van der Waals surface area (Å²) in [5.41, 5.74) is 9.08. The number of aliphatic carboxylic acids is 1. The standard InChI is InChI=1S/C20H20N2O2.C8H15N.C5H9Cl/c1-14-6-8-18(9-7-14)22-11-10-17(21-22)13-19(20(23)24)16-5-3-4-15(2)12-16;1-3-8(2)9-6-4-5-7-9;1-3-5(2)4-6/h3-12,19H,13H2,1-2H3,(H,23,24);3H,4-7H2,1-2H3;4H,3H2,1-2H3/b;8-3+;5-4+. The van der Waals surface area contributed by atoms with Crippen LogP contribution in [0.4, 0.5) is 0 Å². The normalized spacial score (nSPS) is 14.2. The number of carboxylic acids is 1. The van der Waals surface area contributed by atoms with E-state index in [1.54, 1.807) is 10.2 Å². The first-order valence-corrected chi connectivity index (χ1v) is 14.2. The van der Waals surface area contributed by atoms with Gasteiger partial charge in [0, 0.05) is 36.9 Å². The minimum Gasteiger partial charge on any atom is -0.481 e. The van der Waals surface area contributed by atoms with Gasteiger partial charge in [-0.3, -0.25) is 4.79 Å². The van der Waals surface area contributed by atoms with Crippen molar-refractivity contribution in [2.75, 3.05) is 13.1 Å². The first-order valence-electron chi connectivity index (χ1n) is 13.7. The van der Waals surface area contributed by atoms with Crippen LogP contribution >= 0.6 is 11.6 Å². The summed E-state index contributed by atoms with van der Waals surface area (Å²) < 4.78 is 1.78. The molecule has 5 nitrogen and oxygen atoms in total. The van der Waals surface area contributed by atoms with Crippen LogP contribution in [0.1, 0.15) is 75.3 Å². The number of halogens is 1. The van der Waals surface area contributed by atoms with E-state index >= 15 is 0 Å². The predicted molar refractivity (Wildman–Crippen MR) is 164 cm³/mol. The number of carbonyl (C=O) groups is 1. The third-order valence-electron chi connectivity index (χ3n) is 6.87. The Morgan fingerprint density at radius 1 is 1.05 bits per heavy atom. The maximum Gasteiger partial charge on any atom is 0.311 e. The van der Waals surface area contributed by atoms with E-state index in [9.17, 15) is 9.90 Å². The van der Waals surface area contributed by atoms with Gasteiger partial charge < -0.3 is 10.0 Å². The molecule has 1 saturated heterocycles. The SMILES string of the molecule is C/C=C(\C)N1CCCC1.CC/C(C)=C/Cl.Cc1ccc(-n2ccc(CC(C(=O)O)c3cccc(C)c3)n2)cc1. The maximum atomic E-state index is 11.7. The molecule has 0 saturated carbocycles. The maximum absolute atomic E-state index is 11.7. The van der Waals surface area contributed by atoms with Crippen LogP contribution in [-0.2, 0) is 11.2 Å². The summed E-state index contributed by atoms with van der Waals surface area (Å²) in [4.78, 5) is 14.1. The fourth-order valence-corrected chi connectivity index (χ4v) is 4.24. The molecule has 0 spiro atoms. The van der Waals surface area contributed by atoms with Gasteiger partial charge in [0.2, 0.25) is 0 Å². The quantitative estimate of drug-likeness (QED) is 0.321. The molecule has 1 atom stereocenters. The van der Waals surface area contributed by atoms with E-state index in [1.807, 2.05) is 81.6 Å². The van der Waals surface area contributed by atoms with Gasteiger partial charge in [-0.2, -0.15) is 5.10 Å². The van der Waals surface area contributed by atoms with Gasteiger partial charge in [0.05, 0.1) is 17.3 Å². The number of allylic oxidation sites excluding steroid dienone is 3. The third-order valence-corrected chi connectivity index (χ3v) is 7.24. The molecule has 1 unspecified atom stereocenters. The first-order chi connectivity index (χ1) is 18.7. The van der Waals surface area contributed by atoms with E-state index in [-0.39, 0.29) is 0 Å². The van der Waals surface area contributed by atoms with Crippen molar-refractivity contribution in [3.05, 3.63) is 106 Å². The molecule has 0 bridgehead atoms. The second-order valence-corrected chi connectivity index (χ2v) is 10.2. The summed E-state index contributed by atoms with van der Waals surface area (Å²) >= 11 is 5.29. The van der Waals surface area contributed by atoms with Crippen molar-refractivity contribution in [2.24, 2.45) is 0 Å². The Bertz CT molecular complexity index is 1220. The number of aromatic nitrogens is 2. The molecule has 39 heavy (non-hydrogen) atoms. The number of benzene rings is 2. The largest absolute Gasteiger partial charge is 0.481 e. The zero-order valence-electron chi connectivity index (χ0n) is 24.3. The molecule has 1 N–H and O–H groups in total. The van der Waals surface area contributed by atoms with Gasteiger partial charge in [0.15, 0.2) is 0 Å². The Labute approximate surface area is 239 Å². The average Bonchev–Trinajstić information content (AvgIpc) is 3.65. The van der Waals surface area contributed by atoms with E-state index in [1.165, 1.54) is 42.8 Å². The topological polar surface area (TPSA) is 58.4 Å². The number of hydrogen-bond acceptors (Lipinski definition) is 3. The fourth-order valence-electron chi connectivity index (χ4n) is 4.09. The molecule has 1 aliphatic rings. The van der Waals surface area contributed by atoms with Gasteiger partial charge in [-0.15, -0.1) is 0 Å². The lowest BCUT2D eigenvalue weighted by Crippen LogP contribution is -2.15. The van der Waals surface area contributed by atoms with Crippen LogP contribution in [0.2, 0.25) is 0 Å². The van der Waals surface area contributed by atoms with Crippen molar-refractivity contribution in [2.45, 2.75) is 73.1 Å². The smallest absolute Gasteiger partial charge is 0.311 e. The van der Waals surface area contributed by atoms with Crippen LogP contribution in [0.25, 0.3) is 5.69 Å². The first kappa shape index (κ1) is 31.9. The van der Waals surface area contributed by atoms with E-state index in [0.717, 1.165) is 28.9 Å². The van der Waals surface area contributed by atoms with Crippen molar-refractivity contribution < 1.29 is 9.90 Å². The zero-order chi connectivity index (χ0) is 28.8. The van der Waals surface area contributed by atoms with Crippen LogP contribution in [0.5, 0.6) is 0 Å². The summed E-state index contributed by atoms with van der Waals surface area (Å²) in [6.45, 7) is 14.9. The lowest BCUT2D eigenvalue weighted by Gasteiger charge is -2.16. The minimum absolute atomic E-state index is 0.373. The molecule has 1 aromatic heterocycles. The molecule has 1 aliphatic heterocycles. The highest BCUT2D eigenvalue weighted by molar-refractivity contribution is 6.25. The number of carboxylic acid groups (broad SMARTS) is 1. The number of aryl methyl sites for hydroxylation is 2. The number of hydrogen-bond donors (Lipinski definition) is 1. The number of likely N-dealkylation sites (tertiary alicyclic amines) is 1.